The van der Waals surface area contributed by atoms with E-state index in [4.69, 9.17) is 0 Å². The SMILES string of the molecule is CC(C)CCC(C)N1CCCC1C1CCCN1. The predicted octanol–water partition coefficient (Wildman–Crippen LogP) is 3.03. The van der Waals surface area contributed by atoms with Crippen LogP contribution >= 0.6 is 0 Å². The van der Waals surface area contributed by atoms with Crippen molar-refractivity contribution in [2.45, 2.75) is 77.4 Å². The first-order valence-corrected chi connectivity index (χ1v) is 7.67. The Morgan fingerprint density at radius 2 is 1.94 bits per heavy atom. The minimum atomic E-state index is 0.785. The van der Waals surface area contributed by atoms with E-state index >= 15 is 0 Å². The van der Waals surface area contributed by atoms with Crippen LogP contribution in [0.4, 0.5) is 0 Å². The molecule has 0 aromatic rings. The number of likely N-dealkylation sites (tertiary alicyclic amines) is 1. The zero-order valence-electron chi connectivity index (χ0n) is 11.9. The van der Waals surface area contributed by atoms with Gasteiger partial charge in [-0.1, -0.05) is 13.8 Å². The van der Waals surface area contributed by atoms with Gasteiger partial charge < -0.3 is 5.32 Å². The van der Waals surface area contributed by atoms with E-state index in [9.17, 15) is 0 Å². The van der Waals surface area contributed by atoms with Gasteiger partial charge >= 0.3 is 0 Å². The number of nitrogens with one attached hydrogen (secondary N) is 1. The lowest BCUT2D eigenvalue weighted by molar-refractivity contribution is 0.151. The van der Waals surface area contributed by atoms with Gasteiger partial charge in [0.25, 0.3) is 0 Å². The van der Waals surface area contributed by atoms with E-state index in [0.717, 1.165) is 24.0 Å². The molecule has 1 N–H and O–H groups in total. The molecule has 2 heterocycles. The Balaban J connectivity index is 1.84. The molecule has 3 unspecified atom stereocenters. The minimum absolute atomic E-state index is 0.785. The zero-order chi connectivity index (χ0) is 12.3. The Labute approximate surface area is 107 Å². The van der Waals surface area contributed by atoms with Crippen LogP contribution in [0.2, 0.25) is 0 Å². The van der Waals surface area contributed by atoms with Crippen molar-refractivity contribution in [3.05, 3.63) is 0 Å². The highest BCUT2D eigenvalue weighted by Crippen LogP contribution is 2.28. The van der Waals surface area contributed by atoms with E-state index in [1.54, 1.807) is 0 Å². The first-order valence-electron chi connectivity index (χ1n) is 7.67. The van der Waals surface area contributed by atoms with Gasteiger partial charge in [-0.3, -0.25) is 4.90 Å². The summed E-state index contributed by atoms with van der Waals surface area (Å²) in [6.07, 6.45) is 8.37. The molecule has 17 heavy (non-hydrogen) atoms. The van der Waals surface area contributed by atoms with E-state index < -0.39 is 0 Å². The largest absolute Gasteiger partial charge is 0.312 e. The first-order chi connectivity index (χ1) is 8.18. The molecule has 3 atom stereocenters. The summed E-state index contributed by atoms with van der Waals surface area (Å²) in [5.74, 6) is 0.850. The van der Waals surface area contributed by atoms with Crippen molar-refractivity contribution in [2.75, 3.05) is 13.1 Å². The maximum absolute atomic E-state index is 3.71. The summed E-state index contributed by atoms with van der Waals surface area (Å²) in [5, 5.41) is 3.71. The smallest absolute Gasteiger partial charge is 0.0252 e. The van der Waals surface area contributed by atoms with Crippen LogP contribution in [0.25, 0.3) is 0 Å². The summed E-state index contributed by atoms with van der Waals surface area (Å²) in [7, 11) is 0. The molecule has 0 aliphatic carbocycles. The molecule has 2 rings (SSSR count). The van der Waals surface area contributed by atoms with Gasteiger partial charge in [-0.25, -0.2) is 0 Å². The average molecular weight is 238 g/mol. The van der Waals surface area contributed by atoms with E-state index in [2.05, 4.69) is 31.0 Å². The molecule has 0 aromatic heterocycles. The normalized spacial score (nSPS) is 32.5. The summed E-state index contributed by atoms with van der Waals surface area (Å²) < 4.78 is 0. The average Bonchev–Trinajstić information content (AvgIpc) is 2.94. The van der Waals surface area contributed by atoms with Crippen molar-refractivity contribution in [3.8, 4) is 0 Å². The monoisotopic (exact) mass is 238 g/mol. The first kappa shape index (κ1) is 13.4. The lowest BCUT2D eigenvalue weighted by atomic mass is 10.00. The molecule has 0 amide bonds. The van der Waals surface area contributed by atoms with Crippen LogP contribution < -0.4 is 5.32 Å². The zero-order valence-corrected chi connectivity index (χ0v) is 11.9. The van der Waals surface area contributed by atoms with Crippen molar-refractivity contribution in [3.63, 3.8) is 0 Å². The van der Waals surface area contributed by atoms with Crippen molar-refractivity contribution in [1.29, 1.82) is 0 Å². The summed E-state index contributed by atoms with van der Waals surface area (Å²) in [6.45, 7) is 9.70. The van der Waals surface area contributed by atoms with Crippen LogP contribution in [0.15, 0.2) is 0 Å². The van der Waals surface area contributed by atoms with Crippen molar-refractivity contribution in [1.82, 2.24) is 10.2 Å². The van der Waals surface area contributed by atoms with Crippen molar-refractivity contribution < 1.29 is 0 Å². The molecule has 2 heteroatoms. The molecule has 0 radical (unpaired) electrons. The van der Waals surface area contributed by atoms with Gasteiger partial charge in [-0.2, -0.15) is 0 Å². The Morgan fingerprint density at radius 1 is 1.12 bits per heavy atom. The quantitative estimate of drug-likeness (QED) is 0.792. The van der Waals surface area contributed by atoms with Crippen molar-refractivity contribution in [2.24, 2.45) is 5.92 Å². The van der Waals surface area contributed by atoms with Gasteiger partial charge in [0.05, 0.1) is 0 Å². The van der Waals surface area contributed by atoms with Crippen LogP contribution in [0.3, 0.4) is 0 Å². The second-order valence-electron chi connectivity index (χ2n) is 6.47. The molecule has 2 nitrogen and oxygen atoms in total. The third kappa shape index (κ3) is 3.45. The highest BCUT2D eigenvalue weighted by Gasteiger charge is 2.35. The third-order valence-corrected chi connectivity index (χ3v) is 4.63. The van der Waals surface area contributed by atoms with E-state index in [1.165, 1.54) is 51.6 Å². The second kappa shape index (κ2) is 6.19. The van der Waals surface area contributed by atoms with Crippen LogP contribution in [-0.2, 0) is 0 Å². The van der Waals surface area contributed by atoms with E-state index in [0.29, 0.717) is 0 Å². The molecule has 2 aliphatic heterocycles. The molecule has 2 saturated heterocycles. The van der Waals surface area contributed by atoms with Gasteiger partial charge in [-0.15, -0.1) is 0 Å². The topological polar surface area (TPSA) is 15.3 Å². The van der Waals surface area contributed by atoms with Crippen LogP contribution in [0, 0.1) is 5.92 Å². The molecule has 2 fully saturated rings. The van der Waals surface area contributed by atoms with E-state index in [-0.39, 0.29) is 0 Å². The van der Waals surface area contributed by atoms with Crippen molar-refractivity contribution >= 4 is 0 Å². The van der Waals surface area contributed by atoms with Crippen LogP contribution in [0.1, 0.15) is 59.3 Å². The summed E-state index contributed by atoms with van der Waals surface area (Å²) in [6, 6.07) is 2.41. The molecule has 0 saturated carbocycles. The van der Waals surface area contributed by atoms with Gasteiger partial charge in [-0.05, 0) is 64.5 Å². The summed E-state index contributed by atoms with van der Waals surface area (Å²) in [4.78, 5) is 2.80. The molecular weight excluding hydrogens is 208 g/mol. The Hall–Kier alpha value is -0.0800. The Bertz CT molecular complexity index is 221. The Kier molecular flexibility index (Phi) is 4.87. The number of hydrogen-bond acceptors (Lipinski definition) is 2. The number of hydrogen-bond donors (Lipinski definition) is 1. The highest BCUT2D eigenvalue weighted by molar-refractivity contribution is 4.93. The summed E-state index contributed by atoms with van der Waals surface area (Å²) in [5.41, 5.74) is 0. The molecule has 0 aromatic carbocycles. The molecule has 2 aliphatic rings. The number of nitrogens with zero attached hydrogens (tertiary/aromatic N) is 1. The molecule has 0 bridgehead atoms. The molecular formula is C15H30N2. The standard InChI is InChI=1S/C15H30N2/c1-12(2)8-9-13(3)17-11-5-7-15(17)14-6-4-10-16-14/h12-16H,4-11H2,1-3H3. The van der Waals surface area contributed by atoms with Gasteiger partial charge in [0, 0.05) is 18.1 Å². The highest BCUT2D eigenvalue weighted by atomic mass is 15.2. The van der Waals surface area contributed by atoms with Crippen LogP contribution in [0.5, 0.6) is 0 Å². The number of rotatable bonds is 5. The predicted molar refractivity (Wildman–Crippen MR) is 74.3 cm³/mol. The minimum Gasteiger partial charge on any atom is -0.312 e. The lowest BCUT2D eigenvalue weighted by Crippen LogP contribution is -2.47. The fraction of sp³-hybridized carbons (Fsp3) is 1.00. The molecule has 0 spiro atoms. The maximum Gasteiger partial charge on any atom is 0.0252 e. The van der Waals surface area contributed by atoms with Gasteiger partial charge in [0.2, 0.25) is 0 Å². The van der Waals surface area contributed by atoms with Gasteiger partial charge in [0.1, 0.15) is 0 Å². The van der Waals surface area contributed by atoms with Crippen LogP contribution in [-0.4, -0.2) is 36.1 Å². The third-order valence-electron chi connectivity index (χ3n) is 4.63. The lowest BCUT2D eigenvalue weighted by Gasteiger charge is -2.34. The summed E-state index contributed by atoms with van der Waals surface area (Å²) >= 11 is 0. The fourth-order valence-electron chi connectivity index (χ4n) is 3.57. The maximum atomic E-state index is 3.71. The Morgan fingerprint density at radius 3 is 2.59 bits per heavy atom. The molecule has 100 valence electrons. The van der Waals surface area contributed by atoms with Gasteiger partial charge in [0.15, 0.2) is 0 Å². The fourth-order valence-corrected chi connectivity index (χ4v) is 3.57. The second-order valence-corrected chi connectivity index (χ2v) is 6.47. The van der Waals surface area contributed by atoms with E-state index in [1.807, 2.05) is 0 Å².